The van der Waals surface area contributed by atoms with Crippen LogP contribution in [-0.2, 0) is 9.53 Å². The summed E-state index contributed by atoms with van der Waals surface area (Å²) in [6.07, 6.45) is 2.51. The summed E-state index contributed by atoms with van der Waals surface area (Å²) in [4.78, 5) is 33.3. The average Bonchev–Trinajstić information content (AvgIpc) is 3.23. The van der Waals surface area contributed by atoms with Gasteiger partial charge < -0.3 is 19.4 Å². The Morgan fingerprint density at radius 1 is 1.25 bits per heavy atom. The lowest BCUT2D eigenvalue weighted by atomic mass is 9.91. The number of likely N-dealkylation sites (tertiary alicyclic amines) is 2. The van der Waals surface area contributed by atoms with Crippen LogP contribution in [-0.4, -0.2) is 114 Å². The third-order valence-electron chi connectivity index (χ3n) is 6.27. The molecular weight excluding hydrogens is 376 g/mol. The first-order chi connectivity index (χ1) is 13.3. The van der Waals surface area contributed by atoms with Gasteiger partial charge in [0.05, 0.1) is 12.3 Å². The van der Waals surface area contributed by atoms with Crippen LogP contribution in [0.5, 0.6) is 0 Å². The second-order valence-electron chi connectivity index (χ2n) is 8.92. The van der Waals surface area contributed by atoms with Gasteiger partial charge in [-0.15, -0.1) is 11.8 Å². The van der Waals surface area contributed by atoms with E-state index in [2.05, 4.69) is 37.7 Å². The molecule has 3 aliphatic rings. The number of piperidine rings is 1. The molecule has 3 rings (SSSR count). The highest BCUT2D eigenvalue weighted by molar-refractivity contribution is 8.00. The van der Waals surface area contributed by atoms with E-state index in [0.717, 1.165) is 39.0 Å². The van der Waals surface area contributed by atoms with E-state index < -0.39 is 5.60 Å². The minimum Gasteiger partial charge on any atom is -0.441 e. The summed E-state index contributed by atoms with van der Waals surface area (Å²) in [6.45, 7) is 10.1. The fraction of sp³-hybridized carbons (Fsp3) is 0.900. The average molecular weight is 413 g/mol. The Bertz CT molecular complexity index is 564. The number of thioether (sulfide) groups is 1. The lowest BCUT2D eigenvalue weighted by Gasteiger charge is -2.37. The number of hydrogen-bond acceptors (Lipinski definition) is 6. The van der Waals surface area contributed by atoms with Gasteiger partial charge in [0.1, 0.15) is 5.60 Å². The number of likely N-dealkylation sites (N-methyl/N-ethyl adjacent to an activating group) is 1. The number of carbonyl (C=O) groups is 2. The maximum atomic E-state index is 12.4. The van der Waals surface area contributed by atoms with Crippen molar-refractivity contribution in [3.63, 3.8) is 0 Å². The van der Waals surface area contributed by atoms with Crippen molar-refractivity contribution in [2.75, 3.05) is 65.7 Å². The van der Waals surface area contributed by atoms with Crippen LogP contribution < -0.4 is 0 Å². The third kappa shape index (κ3) is 5.33. The zero-order valence-electron chi connectivity index (χ0n) is 17.9. The minimum atomic E-state index is -0.393. The molecule has 0 bridgehead atoms. The highest BCUT2D eigenvalue weighted by Gasteiger charge is 2.47. The van der Waals surface area contributed by atoms with E-state index >= 15 is 0 Å². The molecule has 3 saturated heterocycles. The molecule has 0 aromatic carbocycles. The standard InChI is InChI=1S/C20H36N4O3S/c1-16(2)28-14-18(25)23-9-6-20(7-10-23)15-24(19(26)27-20)12-11-22-8-5-17(13-22)21(3)4/h16-17H,5-15H2,1-4H3/t17-/m0/s1. The molecule has 1 spiro atoms. The lowest BCUT2D eigenvalue weighted by molar-refractivity contribution is -0.131. The van der Waals surface area contributed by atoms with Gasteiger partial charge in [-0.25, -0.2) is 4.79 Å². The fourth-order valence-electron chi connectivity index (χ4n) is 4.32. The Labute approximate surface area is 173 Å². The van der Waals surface area contributed by atoms with E-state index in [0.29, 0.717) is 36.7 Å². The Hall–Kier alpha value is -0.990. The second-order valence-corrected chi connectivity index (χ2v) is 10.5. The van der Waals surface area contributed by atoms with E-state index in [9.17, 15) is 9.59 Å². The van der Waals surface area contributed by atoms with Gasteiger partial charge in [0.25, 0.3) is 0 Å². The van der Waals surface area contributed by atoms with Gasteiger partial charge in [-0.1, -0.05) is 13.8 Å². The summed E-state index contributed by atoms with van der Waals surface area (Å²) in [7, 11) is 4.27. The zero-order valence-corrected chi connectivity index (χ0v) is 18.7. The molecule has 0 aliphatic carbocycles. The number of carbonyl (C=O) groups excluding carboxylic acids is 2. The summed E-state index contributed by atoms with van der Waals surface area (Å²) in [6, 6.07) is 0.618. The van der Waals surface area contributed by atoms with Gasteiger partial charge in [-0.3, -0.25) is 9.69 Å². The van der Waals surface area contributed by atoms with Crippen molar-refractivity contribution in [1.82, 2.24) is 19.6 Å². The third-order valence-corrected chi connectivity index (χ3v) is 7.35. The maximum absolute atomic E-state index is 12.4. The maximum Gasteiger partial charge on any atom is 0.410 e. The largest absolute Gasteiger partial charge is 0.441 e. The first kappa shape index (κ1) is 21.7. The highest BCUT2D eigenvalue weighted by Crippen LogP contribution is 2.33. The zero-order chi connectivity index (χ0) is 20.3. The van der Waals surface area contributed by atoms with Gasteiger partial charge in [-0.05, 0) is 32.3 Å². The number of ether oxygens (including phenoxy) is 1. The molecule has 28 heavy (non-hydrogen) atoms. The quantitative estimate of drug-likeness (QED) is 0.633. The molecule has 0 saturated carbocycles. The van der Waals surface area contributed by atoms with Crippen molar-refractivity contribution in [2.24, 2.45) is 0 Å². The van der Waals surface area contributed by atoms with Crippen LogP contribution >= 0.6 is 11.8 Å². The summed E-state index contributed by atoms with van der Waals surface area (Å²) in [5, 5.41) is 0.466. The summed E-state index contributed by atoms with van der Waals surface area (Å²) >= 11 is 1.69. The van der Waals surface area contributed by atoms with Crippen molar-refractivity contribution < 1.29 is 14.3 Å². The van der Waals surface area contributed by atoms with E-state index in [1.165, 1.54) is 6.42 Å². The fourth-order valence-corrected chi connectivity index (χ4v) is 4.98. The molecule has 0 unspecified atom stereocenters. The molecule has 3 fully saturated rings. The monoisotopic (exact) mass is 412 g/mol. The number of hydrogen-bond donors (Lipinski definition) is 0. The summed E-state index contributed by atoms with van der Waals surface area (Å²) in [5.41, 5.74) is -0.393. The van der Waals surface area contributed by atoms with Crippen molar-refractivity contribution in [3.8, 4) is 0 Å². The lowest BCUT2D eigenvalue weighted by Crippen LogP contribution is -2.49. The highest BCUT2D eigenvalue weighted by atomic mass is 32.2. The van der Waals surface area contributed by atoms with Crippen molar-refractivity contribution in [1.29, 1.82) is 0 Å². The summed E-state index contributed by atoms with van der Waals surface area (Å²) < 4.78 is 5.82. The van der Waals surface area contributed by atoms with Crippen LogP contribution in [0, 0.1) is 0 Å². The van der Waals surface area contributed by atoms with Gasteiger partial charge in [-0.2, -0.15) is 0 Å². The molecule has 2 amide bonds. The molecule has 160 valence electrons. The van der Waals surface area contributed by atoms with Gasteiger partial charge in [0.15, 0.2) is 0 Å². The molecule has 0 radical (unpaired) electrons. The predicted molar refractivity (Wildman–Crippen MR) is 113 cm³/mol. The molecule has 7 nitrogen and oxygen atoms in total. The van der Waals surface area contributed by atoms with Gasteiger partial charge in [0, 0.05) is 51.6 Å². The molecule has 0 N–H and O–H groups in total. The Morgan fingerprint density at radius 3 is 2.57 bits per heavy atom. The van der Waals surface area contributed by atoms with Crippen molar-refractivity contribution >= 4 is 23.8 Å². The predicted octanol–water partition coefficient (Wildman–Crippen LogP) is 1.58. The molecule has 1 atom stereocenters. The number of nitrogens with zero attached hydrogens (tertiary/aromatic N) is 4. The molecule has 3 heterocycles. The Kier molecular flexibility index (Phi) is 7.15. The van der Waals surface area contributed by atoms with Crippen LogP contribution in [0.1, 0.15) is 33.1 Å². The molecule has 3 aliphatic heterocycles. The van der Waals surface area contributed by atoms with E-state index in [1.807, 2.05) is 9.80 Å². The second kappa shape index (κ2) is 9.22. The SMILES string of the molecule is CC(C)SCC(=O)N1CCC2(CC1)CN(CCN1CC[C@H](N(C)C)C1)C(=O)O2. The van der Waals surface area contributed by atoms with Crippen LogP contribution in [0.15, 0.2) is 0 Å². The topological polar surface area (TPSA) is 56.3 Å². The molecular formula is C20H36N4O3S. The van der Waals surface area contributed by atoms with Crippen LogP contribution in [0.3, 0.4) is 0 Å². The van der Waals surface area contributed by atoms with Crippen LogP contribution in [0.25, 0.3) is 0 Å². The minimum absolute atomic E-state index is 0.182. The molecule has 8 heteroatoms. The first-order valence-corrected chi connectivity index (χ1v) is 11.6. The van der Waals surface area contributed by atoms with E-state index in [4.69, 9.17) is 4.74 Å². The summed E-state index contributed by atoms with van der Waals surface area (Å²) in [5.74, 6) is 0.750. The van der Waals surface area contributed by atoms with Gasteiger partial charge in [0.2, 0.25) is 5.91 Å². The van der Waals surface area contributed by atoms with E-state index in [1.54, 1.807) is 11.8 Å². The van der Waals surface area contributed by atoms with Gasteiger partial charge >= 0.3 is 6.09 Å². The van der Waals surface area contributed by atoms with Crippen molar-refractivity contribution in [2.45, 2.75) is 50.0 Å². The van der Waals surface area contributed by atoms with Crippen LogP contribution in [0.2, 0.25) is 0 Å². The Morgan fingerprint density at radius 2 is 1.96 bits per heavy atom. The Balaban J connectivity index is 1.43. The normalized spacial score (nSPS) is 25.4. The number of rotatable bonds is 7. The van der Waals surface area contributed by atoms with E-state index in [-0.39, 0.29) is 12.0 Å². The number of amides is 2. The first-order valence-electron chi connectivity index (χ1n) is 10.5. The molecule has 0 aromatic heterocycles. The smallest absolute Gasteiger partial charge is 0.410 e. The molecule has 0 aromatic rings. The van der Waals surface area contributed by atoms with Crippen molar-refractivity contribution in [3.05, 3.63) is 0 Å². The van der Waals surface area contributed by atoms with Crippen LogP contribution in [0.4, 0.5) is 4.79 Å².